The van der Waals surface area contributed by atoms with E-state index in [2.05, 4.69) is 19.2 Å². The second-order valence-electron chi connectivity index (χ2n) is 8.11. The van der Waals surface area contributed by atoms with Gasteiger partial charge in [-0.05, 0) is 43.0 Å². The van der Waals surface area contributed by atoms with E-state index in [1.807, 2.05) is 4.90 Å². The fourth-order valence-electron chi connectivity index (χ4n) is 3.77. The van der Waals surface area contributed by atoms with Crippen molar-refractivity contribution >= 4 is 29.1 Å². The minimum absolute atomic E-state index is 0.0750. The summed E-state index contributed by atoms with van der Waals surface area (Å²) in [4.78, 5) is 40.6. The topological polar surface area (TPSA) is 105 Å². The summed E-state index contributed by atoms with van der Waals surface area (Å²) >= 11 is 0. The van der Waals surface area contributed by atoms with Gasteiger partial charge in [0, 0.05) is 30.5 Å². The Balaban J connectivity index is 1.70. The average molecular weight is 402 g/mol. The second kappa shape index (κ2) is 9.37. The Bertz CT molecular complexity index is 746. The predicted octanol–water partition coefficient (Wildman–Crippen LogP) is 1.35. The van der Waals surface area contributed by atoms with Crippen molar-refractivity contribution < 1.29 is 19.1 Å². The van der Waals surface area contributed by atoms with Crippen LogP contribution in [0.25, 0.3) is 0 Å². The van der Waals surface area contributed by atoms with Crippen LogP contribution in [-0.2, 0) is 19.1 Å². The van der Waals surface area contributed by atoms with Crippen molar-refractivity contribution in [2.75, 3.05) is 36.5 Å². The molecule has 1 saturated heterocycles. The van der Waals surface area contributed by atoms with Crippen LogP contribution in [0, 0.1) is 5.92 Å². The monoisotopic (exact) mass is 402 g/mol. The molecule has 8 nitrogen and oxygen atoms in total. The summed E-state index contributed by atoms with van der Waals surface area (Å²) in [7, 11) is 0. The number of nitrogens with one attached hydrogen (secondary N) is 1. The number of carbonyl (C=O) groups excluding carboxylic acids is 3. The van der Waals surface area contributed by atoms with E-state index in [-0.39, 0.29) is 18.6 Å². The smallest absolute Gasteiger partial charge is 0.253 e. The van der Waals surface area contributed by atoms with Crippen LogP contribution >= 0.6 is 0 Å². The molecule has 29 heavy (non-hydrogen) atoms. The Hall–Kier alpha value is -2.45. The molecule has 158 valence electrons. The second-order valence-corrected chi connectivity index (χ2v) is 8.11. The van der Waals surface area contributed by atoms with Crippen LogP contribution < -0.4 is 16.0 Å². The van der Waals surface area contributed by atoms with Gasteiger partial charge in [-0.25, -0.2) is 0 Å². The summed E-state index contributed by atoms with van der Waals surface area (Å²) in [6.45, 7) is 5.84. The molecule has 2 aliphatic rings. The predicted molar refractivity (Wildman–Crippen MR) is 110 cm³/mol. The van der Waals surface area contributed by atoms with Gasteiger partial charge in [0.05, 0.1) is 6.61 Å². The molecule has 0 aromatic heterocycles. The van der Waals surface area contributed by atoms with Crippen molar-refractivity contribution in [2.24, 2.45) is 11.7 Å². The number of ether oxygens (including phenoxy) is 1. The van der Waals surface area contributed by atoms with Gasteiger partial charge < -0.3 is 20.7 Å². The zero-order chi connectivity index (χ0) is 21.0. The quantitative estimate of drug-likeness (QED) is 0.639. The third-order valence-electron chi connectivity index (χ3n) is 5.40. The Morgan fingerprint density at radius 2 is 1.97 bits per heavy atom. The number of primary amides is 1. The minimum Gasteiger partial charge on any atom is -0.370 e. The van der Waals surface area contributed by atoms with Crippen LogP contribution in [0.2, 0.25) is 0 Å². The zero-order valence-corrected chi connectivity index (χ0v) is 17.1. The molecule has 0 spiro atoms. The first kappa shape index (κ1) is 21.3. The first-order chi connectivity index (χ1) is 13.9. The SMILES string of the molecule is CC(C)CN(C1CCC1)[C@@H](C(N)=O)C(=O)Nc1ccc(N2CCOCC2=O)cc1. The highest BCUT2D eigenvalue weighted by molar-refractivity contribution is 6.09. The average Bonchev–Trinajstić information content (AvgIpc) is 2.61. The van der Waals surface area contributed by atoms with Gasteiger partial charge in [-0.2, -0.15) is 0 Å². The van der Waals surface area contributed by atoms with Crippen LogP contribution in [-0.4, -0.2) is 61.0 Å². The maximum absolute atomic E-state index is 12.9. The summed E-state index contributed by atoms with van der Waals surface area (Å²) in [6.07, 6.45) is 3.06. The molecule has 1 heterocycles. The van der Waals surface area contributed by atoms with E-state index in [1.54, 1.807) is 29.2 Å². The number of hydrogen-bond donors (Lipinski definition) is 2. The highest BCUT2D eigenvalue weighted by Gasteiger charge is 2.38. The van der Waals surface area contributed by atoms with Gasteiger partial charge >= 0.3 is 0 Å². The van der Waals surface area contributed by atoms with Gasteiger partial charge in [0.1, 0.15) is 6.61 Å². The highest BCUT2D eigenvalue weighted by atomic mass is 16.5. The molecule has 0 bridgehead atoms. The number of anilines is 2. The van der Waals surface area contributed by atoms with Gasteiger partial charge in [0.15, 0.2) is 6.04 Å². The number of benzene rings is 1. The number of amides is 3. The first-order valence-electron chi connectivity index (χ1n) is 10.2. The van der Waals surface area contributed by atoms with Crippen LogP contribution in [0.15, 0.2) is 24.3 Å². The van der Waals surface area contributed by atoms with E-state index in [4.69, 9.17) is 10.5 Å². The summed E-state index contributed by atoms with van der Waals surface area (Å²) in [5.41, 5.74) is 6.93. The fourth-order valence-corrected chi connectivity index (χ4v) is 3.77. The minimum atomic E-state index is -0.997. The molecule has 3 N–H and O–H groups in total. The molecule has 1 saturated carbocycles. The van der Waals surface area contributed by atoms with E-state index in [9.17, 15) is 14.4 Å². The van der Waals surface area contributed by atoms with Gasteiger partial charge in [-0.15, -0.1) is 0 Å². The number of nitrogens with zero attached hydrogens (tertiary/aromatic N) is 2. The molecule has 0 radical (unpaired) electrons. The van der Waals surface area contributed by atoms with E-state index < -0.39 is 17.9 Å². The van der Waals surface area contributed by atoms with E-state index >= 15 is 0 Å². The Labute approximate surface area is 171 Å². The number of hydrogen-bond acceptors (Lipinski definition) is 5. The number of carbonyl (C=O) groups is 3. The molecule has 1 aliphatic carbocycles. The van der Waals surface area contributed by atoms with Crippen molar-refractivity contribution in [3.05, 3.63) is 24.3 Å². The van der Waals surface area contributed by atoms with Crippen molar-refractivity contribution in [3.8, 4) is 0 Å². The Morgan fingerprint density at radius 3 is 2.48 bits per heavy atom. The number of nitrogens with two attached hydrogens (primary N) is 1. The molecule has 8 heteroatoms. The Morgan fingerprint density at radius 1 is 1.28 bits per heavy atom. The lowest BCUT2D eigenvalue weighted by Gasteiger charge is -2.41. The molecule has 1 atom stereocenters. The first-order valence-corrected chi connectivity index (χ1v) is 10.2. The molecule has 3 rings (SSSR count). The van der Waals surface area contributed by atoms with Crippen LogP contribution in [0.4, 0.5) is 11.4 Å². The van der Waals surface area contributed by atoms with E-state index in [0.29, 0.717) is 31.3 Å². The molecule has 2 fully saturated rings. The third-order valence-corrected chi connectivity index (χ3v) is 5.40. The molecule has 1 aliphatic heterocycles. The van der Waals surface area contributed by atoms with Crippen molar-refractivity contribution in [3.63, 3.8) is 0 Å². The molecule has 0 unspecified atom stereocenters. The molecular weight excluding hydrogens is 372 g/mol. The van der Waals surface area contributed by atoms with Crippen molar-refractivity contribution in [2.45, 2.75) is 45.2 Å². The molecule has 1 aromatic carbocycles. The summed E-state index contributed by atoms with van der Waals surface area (Å²) in [5, 5.41) is 2.81. The molecular formula is C21H30N4O4. The van der Waals surface area contributed by atoms with Crippen LogP contribution in [0.1, 0.15) is 33.1 Å². The zero-order valence-electron chi connectivity index (χ0n) is 17.1. The molecule has 3 amide bonds. The van der Waals surface area contributed by atoms with E-state index in [1.165, 1.54) is 0 Å². The maximum atomic E-state index is 12.9. The fraction of sp³-hybridized carbons (Fsp3) is 0.571. The van der Waals surface area contributed by atoms with Crippen LogP contribution in [0.3, 0.4) is 0 Å². The van der Waals surface area contributed by atoms with Crippen molar-refractivity contribution in [1.82, 2.24) is 4.90 Å². The highest BCUT2D eigenvalue weighted by Crippen LogP contribution is 2.28. The van der Waals surface area contributed by atoms with E-state index in [0.717, 1.165) is 24.9 Å². The van der Waals surface area contributed by atoms with Gasteiger partial charge in [0.25, 0.3) is 11.8 Å². The number of morpholine rings is 1. The maximum Gasteiger partial charge on any atom is 0.253 e. The van der Waals surface area contributed by atoms with Crippen molar-refractivity contribution in [1.29, 1.82) is 0 Å². The number of rotatable bonds is 8. The lowest BCUT2D eigenvalue weighted by atomic mass is 9.89. The molecule has 1 aromatic rings. The summed E-state index contributed by atoms with van der Waals surface area (Å²) in [5.74, 6) is -0.826. The Kier molecular flexibility index (Phi) is 6.87. The summed E-state index contributed by atoms with van der Waals surface area (Å²) in [6, 6.07) is 6.22. The normalized spacial score (nSPS) is 18.6. The van der Waals surface area contributed by atoms with Crippen LogP contribution in [0.5, 0.6) is 0 Å². The standard InChI is InChI=1S/C21H30N4O4/c1-14(2)12-25(16-4-3-5-16)19(20(22)27)21(28)23-15-6-8-17(9-7-15)24-10-11-29-13-18(24)26/h6-9,14,16,19H,3-5,10-13H2,1-2H3,(H2,22,27)(H,23,28)/t19-/m0/s1. The largest absolute Gasteiger partial charge is 0.370 e. The van der Waals surface area contributed by atoms with Gasteiger partial charge in [-0.3, -0.25) is 19.3 Å². The van der Waals surface area contributed by atoms with Gasteiger partial charge in [-0.1, -0.05) is 20.3 Å². The van der Waals surface area contributed by atoms with Gasteiger partial charge in [0.2, 0.25) is 5.91 Å². The third kappa shape index (κ3) is 5.13. The lowest BCUT2D eigenvalue weighted by molar-refractivity contribution is -0.135. The summed E-state index contributed by atoms with van der Waals surface area (Å²) < 4.78 is 5.14. The lowest BCUT2D eigenvalue weighted by Crippen LogP contribution is -2.58.